The molecule has 2 heterocycles. The number of methoxy groups -OCH3 is 1. The first kappa shape index (κ1) is 15.3. The van der Waals surface area contributed by atoms with Crippen LogP contribution < -0.4 is 0 Å². The van der Waals surface area contributed by atoms with Gasteiger partial charge in [-0.25, -0.2) is 9.67 Å². The van der Waals surface area contributed by atoms with Gasteiger partial charge in [-0.3, -0.25) is 0 Å². The van der Waals surface area contributed by atoms with Crippen LogP contribution in [0.5, 0.6) is 0 Å². The van der Waals surface area contributed by atoms with Crippen molar-refractivity contribution in [1.82, 2.24) is 19.3 Å². The van der Waals surface area contributed by atoms with Crippen LogP contribution in [0.3, 0.4) is 0 Å². The van der Waals surface area contributed by atoms with Crippen molar-refractivity contribution in [3.8, 4) is 0 Å². The van der Waals surface area contributed by atoms with Gasteiger partial charge in [-0.05, 0) is 27.2 Å². The molecule has 2 aromatic heterocycles. The highest BCUT2D eigenvalue weighted by Gasteiger charge is 2.25. The molecular weight excluding hydrogens is 276 g/mol. The molecule has 0 radical (unpaired) electrons. The van der Waals surface area contributed by atoms with Crippen molar-refractivity contribution >= 4 is 22.8 Å². The summed E-state index contributed by atoms with van der Waals surface area (Å²) in [6.07, 6.45) is 0.962. The number of alkyl halides is 1. The van der Waals surface area contributed by atoms with Crippen LogP contribution in [0, 0.1) is 6.92 Å². The number of hydrogen-bond donors (Lipinski definition) is 0. The van der Waals surface area contributed by atoms with Gasteiger partial charge in [0.2, 0.25) is 0 Å². The van der Waals surface area contributed by atoms with Crippen molar-refractivity contribution in [2.75, 3.05) is 13.7 Å². The highest BCUT2D eigenvalue weighted by molar-refractivity contribution is 6.20. The maximum Gasteiger partial charge on any atom is 0.159 e. The fourth-order valence-electron chi connectivity index (χ4n) is 2.63. The van der Waals surface area contributed by atoms with Crippen LogP contribution in [-0.4, -0.2) is 33.0 Å². The number of rotatable bonds is 6. The van der Waals surface area contributed by atoms with E-state index in [1.165, 1.54) is 0 Å². The molecule has 5 nitrogen and oxygen atoms in total. The molecular formula is C14H23ClN4O. The summed E-state index contributed by atoms with van der Waals surface area (Å²) >= 11 is 6.33. The van der Waals surface area contributed by atoms with Gasteiger partial charge in [-0.15, -0.1) is 11.6 Å². The van der Waals surface area contributed by atoms with Crippen molar-refractivity contribution in [3.63, 3.8) is 0 Å². The van der Waals surface area contributed by atoms with E-state index in [9.17, 15) is 0 Å². The molecule has 0 fully saturated rings. The third-order valence-electron chi connectivity index (χ3n) is 3.62. The summed E-state index contributed by atoms with van der Waals surface area (Å²) in [5, 5.41) is 4.41. The first-order chi connectivity index (χ1) is 9.54. The van der Waals surface area contributed by atoms with Crippen LogP contribution in [0.25, 0.3) is 11.2 Å². The topological polar surface area (TPSA) is 44.9 Å². The van der Waals surface area contributed by atoms with Gasteiger partial charge in [-0.1, -0.05) is 6.92 Å². The Labute approximate surface area is 124 Å². The molecule has 112 valence electrons. The fraction of sp³-hybridized carbons (Fsp3) is 0.714. The van der Waals surface area contributed by atoms with Gasteiger partial charge in [0.05, 0.1) is 23.7 Å². The van der Waals surface area contributed by atoms with Gasteiger partial charge in [0.1, 0.15) is 11.3 Å². The van der Waals surface area contributed by atoms with Gasteiger partial charge in [0, 0.05) is 13.7 Å². The number of hydrogen-bond acceptors (Lipinski definition) is 3. The minimum absolute atomic E-state index is 0.141. The molecule has 0 saturated heterocycles. The lowest BCUT2D eigenvalue weighted by molar-refractivity contribution is 0.153. The predicted molar refractivity (Wildman–Crippen MR) is 81.4 cm³/mol. The summed E-state index contributed by atoms with van der Waals surface area (Å²) in [5.41, 5.74) is 2.95. The average molecular weight is 299 g/mol. The number of nitrogens with zero attached hydrogens (tertiary/aromatic N) is 4. The van der Waals surface area contributed by atoms with Crippen molar-refractivity contribution < 1.29 is 4.74 Å². The van der Waals surface area contributed by atoms with Gasteiger partial charge in [-0.2, -0.15) is 5.10 Å². The predicted octanol–water partition coefficient (Wildman–Crippen LogP) is 3.46. The lowest BCUT2D eigenvalue weighted by atomic mass is 10.2. The Kier molecular flexibility index (Phi) is 4.70. The maximum atomic E-state index is 6.33. The number of ether oxygens (including phenoxy) is 1. The molecule has 6 heteroatoms. The molecule has 2 rings (SSSR count). The van der Waals surface area contributed by atoms with Crippen LogP contribution in [0.1, 0.15) is 50.1 Å². The molecule has 0 aliphatic rings. The molecule has 0 aliphatic carbocycles. The van der Waals surface area contributed by atoms with E-state index in [1.54, 1.807) is 7.11 Å². The average Bonchev–Trinajstić information content (AvgIpc) is 2.94. The zero-order valence-electron chi connectivity index (χ0n) is 12.9. The molecule has 0 bridgehead atoms. The van der Waals surface area contributed by atoms with Crippen LogP contribution in [0.4, 0.5) is 0 Å². The first-order valence-corrected chi connectivity index (χ1v) is 7.56. The summed E-state index contributed by atoms with van der Waals surface area (Å²) in [7, 11) is 1.73. The van der Waals surface area contributed by atoms with E-state index in [0.717, 1.165) is 35.6 Å². The molecule has 2 unspecified atom stereocenters. The Morgan fingerprint density at radius 3 is 2.55 bits per heavy atom. The molecule has 0 aliphatic heterocycles. The molecule has 20 heavy (non-hydrogen) atoms. The third-order valence-corrected chi connectivity index (χ3v) is 3.82. The van der Waals surface area contributed by atoms with Crippen LogP contribution in [0.15, 0.2) is 0 Å². The van der Waals surface area contributed by atoms with E-state index in [-0.39, 0.29) is 11.4 Å². The summed E-state index contributed by atoms with van der Waals surface area (Å²) in [4.78, 5) is 4.72. The van der Waals surface area contributed by atoms with Gasteiger partial charge >= 0.3 is 0 Å². The summed E-state index contributed by atoms with van der Waals surface area (Å²) in [6, 6.07) is 0.225. The monoisotopic (exact) mass is 298 g/mol. The van der Waals surface area contributed by atoms with E-state index in [1.807, 2.05) is 18.5 Å². The molecule has 0 aromatic carbocycles. The van der Waals surface area contributed by atoms with E-state index < -0.39 is 0 Å². The van der Waals surface area contributed by atoms with Gasteiger partial charge in [0.25, 0.3) is 0 Å². The Hall–Kier alpha value is -1.07. The van der Waals surface area contributed by atoms with E-state index in [0.29, 0.717) is 6.61 Å². The highest BCUT2D eigenvalue weighted by atomic mass is 35.5. The summed E-state index contributed by atoms with van der Waals surface area (Å²) in [6.45, 7) is 9.65. The number of imidazole rings is 1. The lowest BCUT2D eigenvalue weighted by Gasteiger charge is -2.20. The van der Waals surface area contributed by atoms with Gasteiger partial charge < -0.3 is 9.30 Å². The van der Waals surface area contributed by atoms with Crippen LogP contribution in [-0.2, 0) is 11.3 Å². The Morgan fingerprint density at radius 2 is 2.05 bits per heavy atom. The van der Waals surface area contributed by atoms with Crippen molar-refractivity contribution in [3.05, 3.63) is 11.5 Å². The lowest BCUT2D eigenvalue weighted by Crippen LogP contribution is -2.19. The minimum atomic E-state index is -0.141. The standard InChI is InChI=1S/C14H23ClN4O/c1-6-11(8-20-5)19-13(9(3)15)16-12-10(4)17-18(7-2)14(12)19/h9,11H,6-8H2,1-5H3. The van der Waals surface area contributed by atoms with Crippen molar-refractivity contribution in [2.24, 2.45) is 0 Å². The smallest absolute Gasteiger partial charge is 0.159 e. The fourth-order valence-corrected chi connectivity index (χ4v) is 2.79. The molecule has 2 aromatic rings. The molecule has 0 spiro atoms. The second-order valence-corrected chi connectivity index (χ2v) is 5.70. The van der Waals surface area contributed by atoms with E-state index in [4.69, 9.17) is 21.3 Å². The SMILES string of the molecule is CCC(COC)n1c(C(C)Cl)nc2c(C)nn(CC)c21. The number of aryl methyl sites for hydroxylation is 2. The highest BCUT2D eigenvalue weighted by Crippen LogP contribution is 2.30. The number of aromatic nitrogens is 4. The van der Waals surface area contributed by atoms with E-state index >= 15 is 0 Å². The normalized spacial score (nSPS) is 14.9. The summed E-state index contributed by atoms with van der Waals surface area (Å²) in [5.74, 6) is 0.897. The molecule has 0 amide bonds. The van der Waals surface area contributed by atoms with Gasteiger partial charge in [0.15, 0.2) is 5.65 Å². The largest absolute Gasteiger partial charge is 0.383 e. The number of fused-ring (bicyclic) bond motifs is 1. The first-order valence-electron chi connectivity index (χ1n) is 7.13. The van der Waals surface area contributed by atoms with Crippen LogP contribution in [0.2, 0.25) is 0 Å². The third kappa shape index (κ3) is 2.44. The maximum absolute atomic E-state index is 6.33. The van der Waals surface area contributed by atoms with Crippen LogP contribution >= 0.6 is 11.6 Å². The Bertz CT molecular complexity index is 588. The second kappa shape index (κ2) is 6.14. The van der Waals surface area contributed by atoms with Crippen molar-refractivity contribution in [1.29, 1.82) is 0 Å². The van der Waals surface area contributed by atoms with E-state index in [2.05, 4.69) is 23.5 Å². The summed E-state index contributed by atoms with van der Waals surface area (Å²) < 4.78 is 9.57. The quantitative estimate of drug-likeness (QED) is 0.767. The molecule has 0 saturated carbocycles. The minimum Gasteiger partial charge on any atom is -0.383 e. The zero-order chi connectivity index (χ0) is 14.9. The van der Waals surface area contributed by atoms with Crippen molar-refractivity contribution in [2.45, 2.75) is 52.1 Å². The number of halogens is 1. The molecule has 0 N–H and O–H groups in total. The zero-order valence-corrected chi connectivity index (χ0v) is 13.6. The Balaban J connectivity index is 2.72. The Morgan fingerprint density at radius 1 is 1.35 bits per heavy atom. The second-order valence-electron chi connectivity index (χ2n) is 5.05. The molecule has 2 atom stereocenters.